The highest BCUT2D eigenvalue weighted by Crippen LogP contribution is 2.46. The van der Waals surface area contributed by atoms with Crippen molar-refractivity contribution in [2.75, 3.05) is 6.61 Å². The Balaban J connectivity index is 1.80. The van der Waals surface area contributed by atoms with Gasteiger partial charge in [-0.2, -0.15) is 0 Å². The Morgan fingerprint density at radius 3 is 2.36 bits per heavy atom. The maximum absolute atomic E-state index is 12.4. The first-order valence-electron chi connectivity index (χ1n) is 9.01. The van der Waals surface area contributed by atoms with Crippen molar-refractivity contribution < 1.29 is 47.2 Å². The van der Waals surface area contributed by atoms with Crippen LogP contribution in [0.1, 0.15) is 15.2 Å². The van der Waals surface area contributed by atoms with E-state index < -0.39 is 24.9 Å². The summed E-state index contributed by atoms with van der Waals surface area (Å²) in [6.07, 6.45) is -4.80. The molecule has 3 aromatic rings. The second kappa shape index (κ2) is 10.1. The molecule has 0 radical (unpaired) electrons. The van der Waals surface area contributed by atoms with Gasteiger partial charge < -0.3 is 24.4 Å². The second-order valence-electron chi connectivity index (χ2n) is 6.40. The van der Waals surface area contributed by atoms with Gasteiger partial charge in [-0.25, -0.2) is 9.59 Å². The van der Waals surface area contributed by atoms with Crippen LogP contribution in [0.25, 0.3) is 10.4 Å². The molecule has 174 valence electrons. The van der Waals surface area contributed by atoms with Crippen LogP contribution in [0.4, 0.5) is 13.2 Å². The zero-order valence-corrected chi connectivity index (χ0v) is 18.8. The molecule has 0 aliphatic carbocycles. The van der Waals surface area contributed by atoms with Gasteiger partial charge in [0.25, 0.3) is 0 Å². The van der Waals surface area contributed by atoms with Crippen LogP contribution in [0.5, 0.6) is 17.2 Å². The number of aromatic carboxylic acids is 1. The fourth-order valence-electron chi connectivity index (χ4n) is 2.71. The molecule has 1 heterocycles. The predicted octanol–water partition coefficient (Wildman–Crippen LogP) is 5.82. The van der Waals surface area contributed by atoms with E-state index in [-0.39, 0.29) is 27.5 Å². The monoisotopic (exact) mass is 546 g/mol. The van der Waals surface area contributed by atoms with Crippen LogP contribution in [-0.4, -0.2) is 35.1 Å². The number of hydrogen-bond acceptors (Lipinski definition) is 6. The smallest absolute Gasteiger partial charge is 0.489 e. The van der Waals surface area contributed by atoms with Crippen molar-refractivity contribution in [1.29, 1.82) is 0 Å². The Morgan fingerprint density at radius 2 is 1.70 bits per heavy atom. The molecule has 0 fully saturated rings. The fourth-order valence-corrected chi connectivity index (χ4v) is 4.60. The summed E-state index contributed by atoms with van der Waals surface area (Å²) in [5.41, 5.74) is 1.00. The number of carboxylic acids is 2. The molecular weight excluding hydrogens is 533 g/mol. The molecule has 2 aromatic carbocycles. The lowest BCUT2D eigenvalue weighted by Crippen LogP contribution is -2.17. The molecule has 0 aliphatic rings. The first-order chi connectivity index (χ1) is 15.5. The van der Waals surface area contributed by atoms with Gasteiger partial charge in [0.2, 0.25) is 0 Å². The largest absolute Gasteiger partial charge is 0.573 e. The molecule has 0 unspecified atom stereocenters. The maximum atomic E-state index is 12.4. The van der Waals surface area contributed by atoms with E-state index in [0.717, 1.165) is 11.3 Å². The van der Waals surface area contributed by atoms with Gasteiger partial charge >= 0.3 is 18.3 Å². The number of carbonyl (C=O) groups is 2. The number of alkyl halides is 3. The molecule has 0 amide bonds. The van der Waals surface area contributed by atoms with Crippen molar-refractivity contribution >= 4 is 39.2 Å². The van der Waals surface area contributed by atoms with Crippen molar-refractivity contribution in [2.45, 2.75) is 13.0 Å². The van der Waals surface area contributed by atoms with Gasteiger partial charge in [-0.05, 0) is 51.3 Å². The highest BCUT2D eigenvalue weighted by molar-refractivity contribution is 9.10. The fraction of sp³-hybridized carbons (Fsp3) is 0.143. The van der Waals surface area contributed by atoms with Crippen molar-refractivity contribution in [3.05, 3.63) is 63.4 Å². The Bertz CT molecular complexity index is 1180. The molecule has 3 rings (SSSR count). The van der Waals surface area contributed by atoms with Crippen LogP contribution >= 0.6 is 27.3 Å². The zero-order valence-electron chi connectivity index (χ0n) is 16.4. The second-order valence-corrected chi connectivity index (χ2v) is 8.22. The Labute approximate surface area is 197 Å². The first-order valence-corrected chi connectivity index (χ1v) is 10.6. The van der Waals surface area contributed by atoms with Crippen LogP contribution in [0.2, 0.25) is 0 Å². The molecule has 12 heteroatoms. The lowest BCUT2D eigenvalue weighted by molar-refractivity contribution is -0.274. The highest BCUT2D eigenvalue weighted by Gasteiger charge is 2.31. The van der Waals surface area contributed by atoms with E-state index in [1.54, 1.807) is 30.3 Å². The van der Waals surface area contributed by atoms with Crippen LogP contribution in [-0.2, 0) is 11.4 Å². The van der Waals surface area contributed by atoms with E-state index in [0.29, 0.717) is 21.8 Å². The molecule has 0 bridgehead atoms. The van der Waals surface area contributed by atoms with E-state index >= 15 is 0 Å². The van der Waals surface area contributed by atoms with Gasteiger partial charge in [0, 0.05) is 0 Å². The molecular formula is C21H14BrF3O7S. The van der Waals surface area contributed by atoms with Gasteiger partial charge in [0.05, 0.1) is 9.35 Å². The normalized spacial score (nSPS) is 11.2. The van der Waals surface area contributed by atoms with Gasteiger partial charge in [0.1, 0.15) is 18.1 Å². The number of rotatable bonds is 9. The number of hydrogen-bond donors (Lipinski definition) is 2. The molecule has 0 aliphatic heterocycles. The minimum Gasteiger partial charge on any atom is -0.489 e. The third kappa shape index (κ3) is 6.62. The average molecular weight is 547 g/mol. The van der Waals surface area contributed by atoms with E-state index in [4.69, 9.17) is 14.6 Å². The summed E-state index contributed by atoms with van der Waals surface area (Å²) in [5.74, 6) is -2.63. The molecule has 0 saturated carbocycles. The number of thiophene rings is 1. The number of carboxylic acid groups (broad SMARTS) is 2. The molecule has 0 spiro atoms. The maximum Gasteiger partial charge on any atom is 0.573 e. The zero-order chi connectivity index (χ0) is 24.2. The van der Waals surface area contributed by atoms with E-state index in [1.165, 1.54) is 18.2 Å². The quantitative estimate of drug-likeness (QED) is 0.348. The lowest BCUT2D eigenvalue weighted by Gasteiger charge is -2.11. The first kappa shape index (κ1) is 24.4. The molecule has 0 atom stereocenters. The lowest BCUT2D eigenvalue weighted by atomic mass is 10.1. The summed E-state index contributed by atoms with van der Waals surface area (Å²) >= 11 is 4.16. The summed E-state index contributed by atoms with van der Waals surface area (Å²) < 4.78 is 52.2. The Kier molecular flexibility index (Phi) is 7.49. The summed E-state index contributed by atoms with van der Waals surface area (Å²) in [6.45, 7) is -0.757. The molecule has 33 heavy (non-hydrogen) atoms. The Hall–Kier alpha value is -3.25. The third-order valence-electron chi connectivity index (χ3n) is 3.98. The summed E-state index contributed by atoms with van der Waals surface area (Å²) in [4.78, 5) is 22.7. The van der Waals surface area contributed by atoms with Crippen LogP contribution < -0.4 is 14.2 Å². The van der Waals surface area contributed by atoms with E-state index in [9.17, 15) is 27.9 Å². The SMILES string of the molecule is O=C(O)COc1c(C(=O)O)sc(-c2cccc(OCc3cccc(OC(F)(F)F)c3)c2)c1Br. The number of halogens is 4. The molecule has 7 nitrogen and oxygen atoms in total. The summed E-state index contributed by atoms with van der Waals surface area (Å²) in [6, 6.07) is 11.9. The van der Waals surface area contributed by atoms with Gasteiger partial charge in [-0.15, -0.1) is 24.5 Å². The molecule has 0 saturated heterocycles. The van der Waals surface area contributed by atoms with Crippen molar-refractivity contribution in [3.8, 4) is 27.7 Å². The third-order valence-corrected chi connectivity index (χ3v) is 6.20. The summed E-state index contributed by atoms with van der Waals surface area (Å²) in [5, 5.41) is 18.2. The topological polar surface area (TPSA) is 102 Å². The highest BCUT2D eigenvalue weighted by atomic mass is 79.9. The summed E-state index contributed by atoms with van der Waals surface area (Å²) in [7, 11) is 0. The van der Waals surface area contributed by atoms with E-state index in [2.05, 4.69) is 20.7 Å². The van der Waals surface area contributed by atoms with E-state index in [1.807, 2.05) is 0 Å². The van der Waals surface area contributed by atoms with Gasteiger partial charge in [0.15, 0.2) is 17.2 Å². The van der Waals surface area contributed by atoms with Crippen LogP contribution in [0, 0.1) is 0 Å². The average Bonchev–Trinajstić information content (AvgIpc) is 3.06. The van der Waals surface area contributed by atoms with Crippen LogP contribution in [0.15, 0.2) is 53.0 Å². The number of aliphatic carboxylic acids is 1. The van der Waals surface area contributed by atoms with Gasteiger partial charge in [-0.1, -0.05) is 24.3 Å². The van der Waals surface area contributed by atoms with Crippen molar-refractivity contribution in [1.82, 2.24) is 0 Å². The minimum absolute atomic E-state index is 0.0442. The molecule has 2 N–H and O–H groups in total. The Morgan fingerprint density at radius 1 is 1.00 bits per heavy atom. The van der Waals surface area contributed by atoms with Crippen molar-refractivity contribution in [3.63, 3.8) is 0 Å². The van der Waals surface area contributed by atoms with Gasteiger partial charge in [-0.3, -0.25) is 0 Å². The number of benzene rings is 2. The minimum atomic E-state index is -4.80. The van der Waals surface area contributed by atoms with Crippen molar-refractivity contribution in [2.24, 2.45) is 0 Å². The van der Waals surface area contributed by atoms with Crippen LogP contribution in [0.3, 0.4) is 0 Å². The molecule has 1 aromatic heterocycles. The number of ether oxygens (including phenoxy) is 3. The standard InChI is InChI=1S/C21H14BrF3O7S/c22-16-17(31-10-15(26)27)19(20(28)29)33-18(16)12-4-2-5-13(8-12)30-9-11-3-1-6-14(7-11)32-21(23,24)25/h1-8H,9-10H2,(H,26,27)(H,28,29). The predicted molar refractivity (Wildman–Crippen MR) is 115 cm³/mol.